The number of nitrogens with one attached hydrogen (secondary N) is 1. The summed E-state index contributed by atoms with van der Waals surface area (Å²) in [5, 5.41) is 18.1. The number of nitro groups is 1. The van der Waals surface area contributed by atoms with Crippen molar-refractivity contribution in [3.05, 3.63) is 75.5 Å². The second kappa shape index (κ2) is 7.91. The Balaban J connectivity index is 1.86. The zero-order chi connectivity index (χ0) is 20.3. The number of ether oxygens (including phenoxy) is 1. The van der Waals surface area contributed by atoms with E-state index in [9.17, 15) is 14.9 Å². The van der Waals surface area contributed by atoms with E-state index in [0.717, 1.165) is 11.3 Å². The van der Waals surface area contributed by atoms with Crippen molar-refractivity contribution < 1.29 is 14.5 Å². The summed E-state index contributed by atoms with van der Waals surface area (Å²) in [5.74, 6) is 0.933. The summed E-state index contributed by atoms with van der Waals surface area (Å²) in [6, 6.07) is 12.9. The van der Waals surface area contributed by atoms with E-state index < -0.39 is 4.92 Å². The minimum atomic E-state index is -0.463. The quantitative estimate of drug-likeness (QED) is 0.514. The minimum absolute atomic E-state index is 0.0110. The van der Waals surface area contributed by atoms with Crippen LogP contribution < -0.4 is 10.1 Å². The highest BCUT2D eigenvalue weighted by molar-refractivity contribution is 6.04. The third kappa shape index (κ3) is 4.01. The standard InChI is InChI=1S/C20H20N4O4/c1-4-28-18-10-5-15(11-13(18)2)20(25)21-19-12-14(3)22-23(19)16-6-8-17(9-7-16)24(26)27/h5-12H,4H2,1-3H3,(H,21,25). The van der Waals surface area contributed by atoms with Crippen molar-refractivity contribution in [2.45, 2.75) is 20.8 Å². The third-order valence-corrected chi connectivity index (χ3v) is 4.12. The van der Waals surface area contributed by atoms with Gasteiger partial charge in [-0.2, -0.15) is 5.10 Å². The summed E-state index contributed by atoms with van der Waals surface area (Å²) in [4.78, 5) is 23.1. The number of aryl methyl sites for hydroxylation is 2. The van der Waals surface area contributed by atoms with E-state index in [1.165, 1.54) is 12.1 Å². The van der Waals surface area contributed by atoms with E-state index >= 15 is 0 Å². The first-order valence-corrected chi connectivity index (χ1v) is 8.75. The molecule has 144 valence electrons. The molecule has 0 unspecified atom stereocenters. The smallest absolute Gasteiger partial charge is 0.269 e. The van der Waals surface area contributed by atoms with Gasteiger partial charge in [-0.1, -0.05) is 0 Å². The number of anilines is 1. The predicted octanol–water partition coefficient (Wildman–Crippen LogP) is 4.05. The Morgan fingerprint density at radius 1 is 1.18 bits per heavy atom. The van der Waals surface area contributed by atoms with E-state index in [4.69, 9.17) is 4.74 Å². The van der Waals surface area contributed by atoms with Gasteiger partial charge in [0.15, 0.2) is 0 Å². The molecule has 28 heavy (non-hydrogen) atoms. The third-order valence-electron chi connectivity index (χ3n) is 4.12. The molecule has 0 aliphatic carbocycles. The van der Waals surface area contributed by atoms with Crippen LogP contribution in [-0.2, 0) is 0 Å². The first kappa shape index (κ1) is 19.1. The predicted molar refractivity (Wildman–Crippen MR) is 105 cm³/mol. The Kier molecular flexibility index (Phi) is 5.39. The highest BCUT2D eigenvalue weighted by Crippen LogP contribution is 2.22. The lowest BCUT2D eigenvalue weighted by atomic mass is 10.1. The van der Waals surface area contributed by atoms with Gasteiger partial charge >= 0.3 is 0 Å². The van der Waals surface area contributed by atoms with Crippen molar-refractivity contribution in [1.82, 2.24) is 9.78 Å². The first-order chi connectivity index (χ1) is 13.4. The van der Waals surface area contributed by atoms with Gasteiger partial charge in [0.1, 0.15) is 11.6 Å². The van der Waals surface area contributed by atoms with Gasteiger partial charge in [-0.25, -0.2) is 4.68 Å². The summed E-state index contributed by atoms with van der Waals surface area (Å²) in [6.45, 7) is 6.15. The summed E-state index contributed by atoms with van der Waals surface area (Å²) in [6.07, 6.45) is 0. The van der Waals surface area contributed by atoms with Crippen molar-refractivity contribution in [2.24, 2.45) is 0 Å². The second-order valence-corrected chi connectivity index (χ2v) is 6.22. The Bertz CT molecular complexity index is 1030. The van der Waals surface area contributed by atoms with Gasteiger partial charge in [-0.3, -0.25) is 14.9 Å². The zero-order valence-electron chi connectivity index (χ0n) is 15.8. The van der Waals surface area contributed by atoms with E-state index in [0.29, 0.717) is 29.4 Å². The number of hydrogen-bond acceptors (Lipinski definition) is 5. The Hall–Kier alpha value is -3.68. The van der Waals surface area contributed by atoms with Crippen molar-refractivity contribution in [1.29, 1.82) is 0 Å². The van der Waals surface area contributed by atoms with Gasteiger partial charge in [0.25, 0.3) is 11.6 Å². The number of carbonyl (C=O) groups is 1. The molecule has 0 aliphatic heterocycles. The molecular weight excluding hydrogens is 360 g/mol. The van der Waals surface area contributed by atoms with Crippen LogP contribution in [0.25, 0.3) is 5.69 Å². The number of aromatic nitrogens is 2. The topological polar surface area (TPSA) is 99.3 Å². The van der Waals surface area contributed by atoms with Gasteiger partial charge < -0.3 is 10.1 Å². The number of nitro benzene ring substituents is 1. The summed E-state index contributed by atoms with van der Waals surface area (Å²) in [7, 11) is 0. The average molecular weight is 380 g/mol. The van der Waals surface area contributed by atoms with E-state index in [1.807, 2.05) is 13.8 Å². The molecule has 8 heteroatoms. The minimum Gasteiger partial charge on any atom is -0.494 e. The van der Waals surface area contributed by atoms with E-state index in [2.05, 4.69) is 10.4 Å². The van der Waals surface area contributed by atoms with Crippen molar-refractivity contribution in [3.63, 3.8) is 0 Å². The normalized spacial score (nSPS) is 10.5. The second-order valence-electron chi connectivity index (χ2n) is 6.22. The van der Waals surface area contributed by atoms with Gasteiger partial charge in [0.2, 0.25) is 0 Å². The van der Waals surface area contributed by atoms with Crippen LogP contribution in [-0.4, -0.2) is 27.2 Å². The number of benzene rings is 2. The van der Waals surface area contributed by atoms with E-state index in [1.54, 1.807) is 48.0 Å². The Morgan fingerprint density at radius 2 is 1.89 bits per heavy atom. The van der Waals surface area contributed by atoms with Crippen LogP contribution in [0.4, 0.5) is 11.5 Å². The molecular formula is C20H20N4O4. The maximum absolute atomic E-state index is 12.7. The largest absolute Gasteiger partial charge is 0.494 e. The Morgan fingerprint density at radius 3 is 2.50 bits per heavy atom. The van der Waals surface area contributed by atoms with Gasteiger partial charge in [-0.05, 0) is 56.7 Å². The highest BCUT2D eigenvalue weighted by Gasteiger charge is 2.14. The lowest BCUT2D eigenvalue weighted by molar-refractivity contribution is -0.384. The van der Waals surface area contributed by atoms with Crippen LogP contribution in [0.5, 0.6) is 5.75 Å². The van der Waals surface area contributed by atoms with Gasteiger partial charge in [0, 0.05) is 23.8 Å². The van der Waals surface area contributed by atoms with Crippen molar-refractivity contribution in [2.75, 3.05) is 11.9 Å². The molecule has 3 rings (SSSR count). The molecule has 0 atom stereocenters. The Labute approximate surface area is 161 Å². The molecule has 1 aromatic heterocycles. The fraction of sp³-hybridized carbons (Fsp3) is 0.200. The fourth-order valence-electron chi connectivity index (χ4n) is 2.80. The van der Waals surface area contributed by atoms with E-state index in [-0.39, 0.29) is 11.6 Å². The number of hydrogen-bond donors (Lipinski definition) is 1. The molecule has 0 bridgehead atoms. The highest BCUT2D eigenvalue weighted by atomic mass is 16.6. The van der Waals surface area contributed by atoms with Crippen LogP contribution in [0.2, 0.25) is 0 Å². The van der Waals surface area contributed by atoms with Crippen LogP contribution in [0.15, 0.2) is 48.5 Å². The molecule has 0 saturated heterocycles. The lowest BCUT2D eigenvalue weighted by Gasteiger charge is -2.11. The maximum Gasteiger partial charge on any atom is 0.269 e. The van der Waals surface area contributed by atoms with Crippen LogP contribution >= 0.6 is 0 Å². The summed E-state index contributed by atoms with van der Waals surface area (Å²) in [5.41, 5.74) is 2.67. The van der Waals surface area contributed by atoms with Crippen LogP contribution in [0.3, 0.4) is 0 Å². The molecule has 1 heterocycles. The average Bonchev–Trinajstić information content (AvgIpc) is 3.03. The summed E-state index contributed by atoms with van der Waals surface area (Å²) >= 11 is 0. The van der Waals surface area contributed by atoms with Crippen LogP contribution in [0, 0.1) is 24.0 Å². The lowest BCUT2D eigenvalue weighted by Crippen LogP contribution is -2.15. The monoisotopic (exact) mass is 380 g/mol. The maximum atomic E-state index is 12.7. The number of carbonyl (C=O) groups excluding carboxylic acids is 1. The first-order valence-electron chi connectivity index (χ1n) is 8.75. The molecule has 1 amide bonds. The van der Waals surface area contributed by atoms with Gasteiger partial charge in [-0.15, -0.1) is 0 Å². The van der Waals surface area contributed by atoms with Gasteiger partial charge in [0.05, 0.1) is 22.9 Å². The molecule has 3 aromatic rings. The molecule has 2 aromatic carbocycles. The molecule has 0 saturated carbocycles. The zero-order valence-corrected chi connectivity index (χ0v) is 15.8. The molecule has 1 N–H and O–H groups in total. The number of amides is 1. The van der Waals surface area contributed by atoms with Crippen LogP contribution in [0.1, 0.15) is 28.5 Å². The molecule has 0 radical (unpaired) electrons. The van der Waals surface area contributed by atoms with Crippen molar-refractivity contribution in [3.8, 4) is 11.4 Å². The molecule has 0 fully saturated rings. The number of nitrogens with zero attached hydrogens (tertiary/aromatic N) is 3. The molecule has 8 nitrogen and oxygen atoms in total. The molecule has 0 spiro atoms. The van der Waals surface area contributed by atoms with Crippen molar-refractivity contribution >= 4 is 17.4 Å². The number of non-ortho nitro benzene ring substituents is 1. The number of rotatable bonds is 6. The SMILES string of the molecule is CCOc1ccc(C(=O)Nc2cc(C)nn2-c2ccc([N+](=O)[O-])cc2)cc1C. The fourth-order valence-corrected chi connectivity index (χ4v) is 2.80. The molecule has 0 aliphatic rings. The summed E-state index contributed by atoms with van der Waals surface area (Å²) < 4.78 is 7.04.